The highest BCUT2D eigenvalue weighted by molar-refractivity contribution is 5.21. The number of unbranched alkanes of at least 4 members (excludes halogenated alkanes) is 8. The van der Waals surface area contributed by atoms with Gasteiger partial charge in [0, 0.05) is 18.1 Å². The van der Waals surface area contributed by atoms with E-state index in [2.05, 4.69) is 43.8 Å². The topological polar surface area (TPSA) is 3.88 Å². The van der Waals surface area contributed by atoms with E-state index in [0.717, 1.165) is 0 Å². The molecule has 0 amide bonds. The molecule has 1 aromatic heterocycles. The van der Waals surface area contributed by atoms with E-state index in [4.69, 9.17) is 0 Å². The maximum atomic E-state index is 2.46. The SMILES string of the molecule is CCCCCCC[n+]1ccc(CCCCC)c(CCCCC)c1. The van der Waals surface area contributed by atoms with E-state index in [1.54, 1.807) is 11.1 Å². The summed E-state index contributed by atoms with van der Waals surface area (Å²) in [5.41, 5.74) is 3.22. The maximum absolute atomic E-state index is 2.46. The highest BCUT2D eigenvalue weighted by Gasteiger charge is 2.09. The summed E-state index contributed by atoms with van der Waals surface area (Å²) in [5, 5.41) is 0. The Balaban J connectivity index is 2.56. The zero-order valence-corrected chi connectivity index (χ0v) is 16.1. The third-order valence-electron chi connectivity index (χ3n) is 4.82. The molecule has 0 fully saturated rings. The van der Waals surface area contributed by atoms with Gasteiger partial charge in [0.1, 0.15) is 6.54 Å². The zero-order valence-electron chi connectivity index (χ0n) is 16.1. The largest absolute Gasteiger partial charge is 0.205 e. The Bertz CT molecular complexity index is 397. The molecule has 0 aromatic carbocycles. The fraction of sp³-hybridized carbons (Fsp3) is 0.773. The lowest BCUT2D eigenvalue weighted by Crippen LogP contribution is -2.33. The van der Waals surface area contributed by atoms with E-state index in [0.29, 0.717) is 0 Å². The molecule has 0 aliphatic rings. The minimum atomic E-state index is 1.19. The summed E-state index contributed by atoms with van der Waals surface area (Å²) in [6.45, 7) is 8.07. The van der Waals surface area contributed by atoms with Crippen LogP contribution in [0.5, 0.6) is 0 Å². The van der Waals surface area contributed by atoms with Crippen molar-refractivity contribution in [3.63, 3.8) is 0 Å². The van der Waals surface area contributed by atoms with Crippen LogP contribution in [0.1, 0.15) is 103 Å². The van der Waals surface area contributed by atoms with Gasteiger partial charge in [-0.15, -0.1) is 0 Å². The molecule has 23 heavy (non-hydrogen) atoms. The highest BCUT2D eigenvalue weighted by atomic mass is 14.9. The van der Waals surface area contributed by atoms with E-state index in [1.165, 1.54) is 90.0 Å². The molecule has 0 aliphatic carbocycles. The lowest BCUT2D eigenvalue weighted by Gasteiger charge is -2.09. The predicted molar refractivity (Wildman–Crippen MR) is 102 cm³/mol. The number of hydrogen-bond acceptors (Lipinski definition) is 0. The number of aromatic nitrogens is 1. The van der Waals surface area contributed by atoms with Gasteiger partial charge in [-0.05, 0) is 37.7 Å². The normalized spacial score (nSPS) is 11.1. The fourth-order valence-electron chi connectivity index (χ4n) is 3.26. The molecule has 0 unspecified atom stereocenters. The molecule has 132 valence electrons. The third kappa shape index (κ3) is 9.13. The van der Waals surface area contributed by atoms with Crippen LogP contribution in [0.3, 0.4) is 0 Å². The number of nitrogens with zero attached hydrogens (tertiary/aromatic N) is 1. The van der Waals surface area contributed by atoms with Crippen LogP contribution in [0.15, 0.2) is 18.5 Å². The van der Waals surface area contributed by atoms with Gasteiger partial charge in [0.15, 0.2) is 12.4 Å². The molecule has 1 heteroatoms. The molecule has 1 aromatic rings. The summed E-state index contributed by atoms with van der Waals surface area (Å²) in [5.74, 6) is 0. The molecule has 0 saturated heterocycles. The van der Waals surface area contributed by atoms with Crippen molar-refractivity contribution in [3.05, 3.63) is 29.6 Å². The smallest absolute Gasteiger partial charge is 0.172 e. The molecule has 0 atom stereocenters. The van der Waals surface area contributed by atoms with Crippen LogP contribution < -0.4 is 4.57 Å². The Morgan fingerprint density at radius 1 is 0.652 bits per heavy atom. The van der Waals surface area contributed by atoms with Gasteiger partial charge in [-0.25, -0.2) is 4.57 Å². The average molecular weight is 319 g/mol. The quantitative estimate of drug-likeness (QED) is 0.275. The van der Waals surface area contributed by atoms with Crippen LogP contribution in [0.25, 0.3) is 0 Å². The van der Waals surface area contributed by atoms with Crippen LogP contribution in [-0.4, -0.2) is 0 Å². The van der Waals surface area contributed by atoms with Gasteiger partial charge in [0.25, 0.3) is 0 Å². The first kappa shape index (κ1) is 20.2. The van der Waals surface area contributed by atoms with Gasteiger partial charge in [-0.2, -0.15) is 0 Å². The van der Waals surface area contributed by atoms with Crippen molar-refractivity contribution in [1.29, 1.82) is 0 Å². The van der Waals surface area contributed by atoms with Crippen molar-refractivity contribution in [2.45, 2.75) is 111 Å². The summed E-state index contributed by atoms with van der Waals surface area (Å²) < 4.78 is 2.44. The van der Waals surface area contributed by atoms with Gasteiger partial charge in [-0.3, -0.25) is 0 Å². The lowest BCUT2D eigenvalue weighted by molar-refractivity contribution is -0.697. The maximum Gasteiger partial charge on any atom is 0.172 e. The van der Waals surface area contributed by atoms with Gasteiger partial charge < -0.3 is 0 Å². The molecule has 0 N–H and O–H groups in total. The molecule has 1 rings (SSSR count). The third-order valence-corrected chi connectivity index (χ3v) is 4.82. The van der Waals surface area contributed by atoms with E-state index >= 15 is 0 Å². The summed E-state index contributed by atoms with van der Waals surface area (Å²) in [6.07, 6.45) is 22.2. The van der Waals surface area contributed by atoms with Gasteiger partial charge in [0.2, 0.25) is 0 Å². The molecular formula is C22H40N+. The number of hydrogen-bond donors (Lipinski definition) is 0. The van der Waals surface area contributed by atoms with Crippen LogP contribution in [-0.2, 0) is 19.4 Å². The number of pyridine rings is 1. The van der Waals surface area contributed by atoms with Gasteiger partial charge >= 0.3 is 0 Å². The second-order valence-electron chi connectivity index (χ2n) is 7.06. The van der Waals surface area contributed by atoms with Crippen molar-refractivity contribution in [3.8, 4) is 0 Å². The molecular weight excluding hydrogens is 278 g/mol. The second-order valence-corrected chi connectivity index (χ2v) is 7.06. The van der Waals surface area contributed by atoms with E-state index < -0.39 is 0 Å². The molecule has 0 saturated carbocycles. The lowest BCUT2D eigenvalue weighted by atomic mass is 9.99. The molecule has 1 heterocycles. The highest BCUT2D eigenvalue weighted by Crippen LogP contribution is 2.14. The van der Waals surface area contributed by atoms with Crippen LogP contribution in [0.2, 0.25) is 0 Å². The Morgan fingerprint density at radius 3 is 1.87 bits per heavy atom. The van der Waals surface area contributed by atoms with Crippen molar-refractivity contribution in [2.75, 3.05) is 0 Å². The van der Waals surface area contributed by atoms with Crippen molar-refractivity contribution in [2.24, 2.45) is 0 Å². The Kier molecular flexibility index (Phi) is 11.9. The van der Waals surface area contributed by atoms with E-state index in [9.17, 15) is 0 Å². The fourth-order valence-corrected chi connectivity index (χ4v) is 3.26. The first-order valence-electron chi connectivity index (χ1n) is 10.3. The standard InChI is InChI=1S/C22H40N/c1-4-7-10-11-14-18-23-19-17-21(15-12-8-5-2)22(20-23)16-13-9-6-3/h17,19-20H,4-16,18H2,1-3H3/q+1. The van der Waals surface area contributed by atoms with Crippen LogP contribution >= 0.6 is 0 Å². The Hall–Kier alpha value is -0.850. The molecule has 1 nitrogen and oxygen atoms in total. The monoisotopic (exact) mass is 318 g/mol. The number of rotatable bonds is 14. The molecule has 0 bridgehead atoms. The minimum absolute atomic E-state index is 1.19. The van der Waals surface area contributed by atoms with Crippen LogP contribution in [0, 0.1) is 0 Å². The first-order chi connectivity index (χ1) is 11.3. The molecule has 0 spiro atoms. The van der Waals surface area contributed by atoms with Gasteiger partial charge in [-0.1, -0.05) is 65.7 Å². The molecule has 0 radical (unpaired) electrons. The van der Waals surface area contributed by atoms with E-state index in [-0.39, 0.29) is 0 Å². The average Bonchev–Trinajstić information content (AvgIpc) is 2.57. The summed E-state index contributed by atoms with van der Waals surface area (Å²) in [4.78, 5) is 0. The summed E-state index contributed by atoms with van der Waals surface area (Å²) in [7, 11) is 0. The van der Waals surface area contributed by atoms with Crippen LogP contribution in [0.4, 0.5) is 0 Å². The first-order valence-corrected chi connectivity index (χ1v) is 10.3. The zero-order chi connectivity index (χ0) is 16.8. The minimum Gasteiger partial charge on any atom is -0.205 e. The Morgan fingerprint density at radius 2 is 1.22 bits per heavy atom. The van der Waals surface area contributed by atoms with E-state index in [1.807, 2.05) is 0 Å². The predicted octanol–water partition coefficient (Wildman–Crippen LogP) is 6.41. The summed E-state index contributed by atoms with van der Waals surface area (Å²) in [6, 6.07) is 2.41. The summed E-state index contributed by atoms with van der Waals surface area (Å²) >= 11 is 0. The molecule has 0 aliphatic heterocycles. The second kappa shape index (κ2) is 13.6. The van der Waals surface area contributed by atoms with Crippen molar-refractivity contribution >= 4 is 0 Å². The van der Waals surface area contributed by atoms with Gasteiger partial charge in [0.05, 0.1) is 0 Å². The number of aryl methyl sites for hydroxylation is 3. The van der Waals surface area contributed by atoms with Crippen molar-refractivity contribution in [1.82, 2.24) is 0 Å². The van der Waals surface area contributed by atoms with Crippen molar-refractivity contribution < 1.29 is 4.57 Å². The Labute approximate surface area is 145 Å².